The third-order valence-corrected chi connectivity index (χ3v) is 1.12. The molecule has 0 spiro atoms. The van der Waals surface area contributed by atoms with Crippen LogP contribution >= 0.6 is 0 Å². The molecule has 0 bridgehead atoms. The topological polar surface area (TPSA) is 78.5 Å². The van der Waals surface area contributed by atoms with E-state index in [9.17, 15) is 13.2 Å². The molecular formula is C5H3F3N4. The van der Waals surface area contributed by atoms with Crippen LogP contribution in [0.15, 0.2) is 0 Å². The van der Waals surface area contributed by atoms with Crippen LogP contribution in [0.4, 0.5) is 19.0 Å². The van der Waals surface area contributed by atoms with E-state index in [-0.39, 0.29) is 0 Å². The minimum absolute atomic E-state index is 0.445. The average Bonchev–Trinajstić information content (AvgIpc) is 2.29. The van der Waals surface area contributed by atoms with Crippen molar-refractivity contribution < 1.29 is 13.2 Å². The number of anilines is 1. The van der Waals surface area contributed by atoms with Crippen LogP contribution in [-0.2, 0) is 6.18 Å². The van der Waals surface area contributed by atoms with E-state index in [0.29, 0.717) is 0 Å². The molecule has 64 valence electrons. The van der Waals surface area contributed by atoms with Gasteiger partial charge in [0.1, 0.15) is 6.07 Å². The molecule has 0 aromatic carbocycles. The fraction of sp³-hybridized carbons (Fsp3) is 0.200. The lowest BCUT2D eigenvalue weighted by molar-refractivity contribution is -0.140. The summed E-state index contributed by atoms with van der Waals surface area (Å²) in [6, 6.07) is 1.41. The fourth-order valence-electron chi connectivity index (χ4n) is 0.656. The highest BCUT2D eigenvalue weighted by Crippen LogP contribution is 2.31. The standard InChI is InChI=1S/C5H3F3N4/c6-5(7,8)3-4(10)12-2(1-9)11-3/h10H2,(H,11,12). The normalized spacial score (nSPS) is 11.2. The summed E-state index contributed by atoms with van der Waals surface area (Å²) in [5.41, 5.74) is 3.71. The lowest BCUT2D eigenvalue weighted by Gasteiger charge is -2.01. The van der Waals surface area contributed by atoms with Gasteiger partial charge in [-0.2, -0.15) is 18.4 Å². The number of nitriles is 1. The summed E-state index contributed by atoms with van der Waals surface area (Å²) < 4.78 is 35.8. The van der Waals surface area contributed by atoms with Gasteiger partial charge in [0.2, 0.25) is 5.82 Å². The Morgan fingerprint density at radius 2 is 2.08 bits per heavy atom. The number of aromatic nitrogens is 2. The van der Waals surface area contributed by atoms with Crippen LogP contribution in [0.1, 0.15) is 11.5 Å². The van der Waals surface area contributed by atoms with Crippen molar-refractivity contribution >= 4 is 5.82 Å². The number of rotatable bonds is 0. The largest absolute Gasteiger partial charge is 0.434 e. The van der Waals surface area contributed by atoms with Gasteiger partial charge in [-0.05, 0) is 0 Å². The number of imidazole rings is 1. The Balaban J connectivity index is 3.19. The van der Waals surface area contributed by atoms with Gasteiger partial charge >= 0.3 is 6.18 Å². The van der Waals surface area contributed by atoms with Gasteiger partial charge in [-0.1, -0.05) is 0 Å². The van der Waals surface area contributed by atoms with Gasteiger partial charge in [0.15, 0.2) is 11.5 Å². The van der Waals surface area contributed by atoms with Crippen molar-refractivity contribution in [3.05, 3.63) is 11.5 Å². The van der Waals surface area contributed by atoms with Crippen molar-refractivity contribution in [3.63, 3.8) is 0 Å². The molecule has 0 aliphatic heterocycles. The molecule has 1 aromatic rings. The van der Waals surface area contributed by atoms with Crippen molar-refractivity contribution in [2.45, 2.75) is 6.18 Å². The minimum Gasteiger partial charge on any atom is -0.382 e. The highest BCUT2D eigenvalue weighted by Gasteiger charge is 2.36. The molecule has 0 fully saturated rings. The average molecular weight is 176 g/mol. The highest BCUT2D eigenvalue weighted by molar-refractivity contribution is 5.40. The second-order valence-electron chi connectivity index (χ2n) is 1.96. The van der Waals surface area contributed by atoms with Gasteiger partial charge in [-0.25, -0.2) is 4.98 Å². The molecule has 0 atom stereocenters. The molecule has 7 heteroatoms. The summed E-state index contributed by atoms with van der Waals surface area (Å²) in [6.07, 6.45) is -4.59. The summed E-state index contributed by atoms with van der Waals surface area (Å²) in [4.78, 5) is 4.89. The molecule has 1 aromatic heterocycles. The number of H-pyrrole nitrogens is 1. The Kier molecular flexibility index (Phi) is 1.68. The van der Waals surface area contributed by atoms with Crippen LogP contribution in [0.2, 0.25) is 0 Å². The Morgan fingerprint density at radius 1 is 1.50 bits per heavy atom. The molecule has 0 unspecified atom stereocenters. The maximum absolute atomic E-state index is 11.9. The number of nitrogens with one attached hydrogen (secondary N) is 1. The molecule has 0 aliphatic rings. The Morgan fingerprint density at radius 3 is 2.33 bits per heavy atom. The number of nitrogens with zero attached hydrogens (tertiary/aromatic N) is 2. The van der Waals surface area contributed by atoms with Crippen LogP contribution in [0.5, 0.6) is 0 Å². The number of hydrogen-bond donors (Lipinski definition) is 2. The monoisotopic (exact) mass is 176 g/mol. The quantitative estimate of drug-likeness (QED) is 0.615. The second-order valence-corrected chi connectivity index (χ2v) is 1.96. The van der Waals surface area contributed by atoms with Crippen LogP contribution < -0.4 is 5.73 Å². The summed E-state index contributed by atoms with van der Waals surface area (Å²) in [7, 11) is 0. The molecule has 0 aliphatic carbocycles. The molecule has 0 amide bonds. The Labute approximate surface area is 64.8 Å². The first-order chi connectivity index (χ1) is 5.45. The first kappa shape index (κ1) is 8.39. The summed E-state index contributed by atoms with van der Waals surface area (Å²) in [6.45, 7) is 0. The van der Waals surface area contributed by atoms with Gasteiger partial charge in [-0.3, -0.25) is 0 Å². The Hall–Kier alpha value is -1.71. The number of nitrogens with two attached hydrogens (primary N) is 1. The molecule has 1 heterocycles. The Bertz CT molecular complexity index is 331. The molecule has 3 N–H and O–H groups in total. The van der Waals surface area contributed by atoms with Gasteiger partial charge in [0.25, 0.3) is 0 Å². The van der Waals surface area contributed by atoms with Crippen LogP contribution in [0.25, 0.3) is 0 Å². The third kappa shape index (κ3) is 1.32. The minimum atomic E-state index is -4.59. The number of aromatic amines is 1. The van der Waals surface area contributed by atoms with E-state index in [2.05, 4.69) is 4.98 Å². The zero-order valence-electron chi connectivity index (χ0n) is 5.61. The van der Waals surface area contributed by atoms with E-state index in [1.807, 2.05) is 0 Å². The smallest absolute Gasteiger partial charge is 0.382 e. The summed E-state index contributed by atoms with van der Waals surface area (Å²) in [5.74, 6) is -1.15. The molecule has 4 nitrogen and oxygen atoms in total. The zero-order valence-corrected chi connectivity index (χ0v) is 5.61. The molecule has 1 rings (SSSR count). The van der Waals surface area contributed by atoms with E-state index in [0.717, 1.165) is 0 Å². The molecular weight excluding hydrogens is 173 g/mol. The number of nitrogen functional groups attached to an aromatic ring is 1. The van der Waals surface area contributed by atoms with Gasteiger partial charge in [-0.15, -0.1) is 0 Å². The van der Waals surface area contributed by atoms with Crippen LogP contribution in [-0.4, -0.2) is 9.97 Å². The lowest BCUT2D eigenvalue weighted by atomic mass is 10.4. The van der Waals surface area contributed by atoms with E-state index in [1.54, 1.807) is 4.98 Å². The molecule has 0 radical (unpaired) electrons. The first-order valence-electron chi connectivity index (χ1n) is 2.78. The predicted octanol–water partition coefficient (Wildman–Crippen LogP) is 0.882. The summed E-state index contributed by atoms with van der Waals surface area (Å²) >= 11 is 0. The summed E-state index contributed by atoms with van der Waals surface area (Å²) in [5, 5.41) is 8.17. The van der Waals surface area contributed by atoms with Crippen LogP contribution in [0, 0.1) is 11.3 Å². The third-order valence-electron chi connectivity index (χ3n) is 1.12. The van der Waals surface area contributed by atoms with Crippen molar-refractivity contribution in [1.29, 1.82) is 5.26 Å². The van der Waals surface area contributed by atoms with E-state index in [1.165, 1.54) is 6.07 Å². The fourth-order valence-corrected chi connectivity index (χ4v) is 0.656. The number of halogens is 3. The van der Waals surface area contributed by atoms with Gasteiger partial charge in [0, 0.05) is 0 Å². The second kappa shape index (κ2) is 2.41. The molecule has 12 heavy (non-hydrogen) atoms. The molecule has 0 saturated carbocycles. The van der Waals surface area contributed by atoms with Crippen molar-refractivity contribution in [3.8, 4) is 6.07 Å². The lowest BCUT2D eigenvalue weighted by Crippen LogP contribution is -2.08. The van der Waals surface area contributed by atoms with Crippen LogP contribution in [0.3, 0.4) is 0 Å². The van der Waals surface area contributed by atoms with Crippen molar-refractivity contribution in [2.24, 2.45) is 0 Å². The number of alkyl halides is 3. The van der Waals surface area contributed by atoms with Gasteiger partial charge in [0.05, 0.1) is 0 Å². The van der Waals surface area contributed by atoms with Crippen molar-refractivity contribution in [1.82, 2.24) is 9.97 Å². The SMILES string of the molecule is N#Cc1nc(N)c(C(F)(F)F)[nH]1. The number of hydrogen-bond acceptors (Lipinski definition) is 3. The maximum Gasteiger partial charge on any atom is 0.434 e. The maximum atomic E-state index is 11.9. The van der Waals surface area contributed by atoms with E-state index >= 15 is 0 Å². The predicted molar refractivity (Wildman–Crippen MR) is 32.7 cm³/mol. The van der Waals surface area contributed by atoms with E-state index in [4.69, 9.17) is 11.0 Å². The van der Waals surface area contributed by atoms with E-state index < -0.39 is 23.5 Å². The van der Waals surface area contributed by atoms with Crippen molar-refractivity contribution in [2.75, 3.05) is 5.73 Å². The highest BCUT2D eigenvalue weighted by atomic mass is 19.4. The zero-order chi connectivity index (χ0) is 9.35. The molecule has 0 saturated heterocycles. The van der Waals surface area contributed by atoms with Gasteiger partial charge < -0.3 is 10.7 Å². The first-order valence-corrected chi connectivity index (χ1v) is 2.78.